The first-order valence-corrected chi connectivity index (χ1v) is 5.67. The van der Waals surface area contributed by atoms with E-state index in [-0.39, 0.29) is 11.7 Å². The topological polar surface area (TPSA) is 40.6 Å². The van der Waals surface area contributed by atoms with E-state index >= 15 is 0 Å². The maximum atomic E-state index is 11.7. The van der Waals surface area contributed by atoms with Crippen LogP contribution in [0.2, 0.25) is 0 Å². The fourth-order valence-corrected chi connectivity index (χ4v) is 1.95. The molecule has 1 aliphatic rings. The number of fused-ring (bicyclic) bond motifs is 1. The van der Waals surface area contributed by atoms with Crippen LogP contribution in [0.25, 0.3) is 0 Å². The Kier molecular flexibility index (Phi) is 3.13. The number of amides is 1. The summed E-state index contributed by atoms with van der Waals surface area (Å²) >= 11 is 0. The summed E-state index contributed by atoms with van der Waals surface area (Å²) in [6, 6.07) is 7.47. The Balaban J connectivity index is 2.24. The van der Waals surface area contributed by atoms with Gasteiger partial charge in [0.2, 0.25) is 5.91 Å². The lowest BCUT2D eigenvalue weighted by Crippen LogP contribution is -2.40. The first kappa shape index (κ1) is 11.6. The van der Waals surface area contributed by atoms with Crippen molar-refractivity contribution < 1.29 is 9.59 Å². The number of rotatable bonds is 2. The van der Waals surface area contributed by atoms with E-state index in [4.69, 9.17) is 0 Å². The zero-order valence-electron chi connectivity index (χ0n) is 10.1. The maximum absolute atomic E-state index is 11.7. The number of hydrogen-bond donors (Lipinski definition) is 0. The van der Waals surface area contributed by atoms with E-state index in [0.717, 1.165) is 11.3 Å². The Morgan fingerprint density at radius 2 is 2.06 bits per heavy atom. The lowest BCUT2D eigenvalue weighted by Gasteiger charge is -2.30. The number of carbonyl (C=O) groups is 2. The number of nitrogens with zero attached hydrogens (tertiary/aromatic N) is 2. The van der Waals surface area contributed by atoms with Crippen molar-refractivity contribution in [3.05, 3.63) is 29.8 Å². The molecule has 0 aromatic heterocycles. The molecule has 0 atom stereocenters. The molecular weight excluding hydrogens is 216 g/mol. The predicted molar refractivity (Wildman–Crippen MR) is 66.3 cm³/mol. The van der Waals surface area contributed by atoms with Crippen molar-refractivity contribution in [3.8, 4) is 0 Å². The van der Waals surface area contributed by atoms with Crippen LogP contribution in [0.3, 0.4) is 0 Å². The minimum atomic E-state index is 0.0501. The molecule has 0 radical (unpaired) electrons. The molecule has 1 aliphatic heterocycles. The van der Waals surface area contributed by atoms with Gasteiger partial charge in [0, 0.05) is 38.3 Å². The number of benzene rings is 1. The van der Waals surface area contributed by atoms with Gasteiger partial charge in [-0.2, -0.15) is 0 Å². The van der Waals surface area contributed by atoms with Crippen molar-refractivity contribution in [3.63, 3.8) is 0 Å². The molecule has 0 fully saturated rings. The number of anilines is 1. The average molecular weight is 232 g/mol. The molecule has 1 heterocycles. The van der Waals surface area contributed by atoms with Gasteiger partial charge in [0.05, 0.1) is 6.54 Å². The van der Waals surface area contributed by atoms with Gasteiger partial charge in [-0.3, -0.25) is 9.59 Å². The summed E-state index contributed by atoms with van der Waals surface area (Å²) in [4.78, 5) is 27.0. The van der Waals surface area contributed by atoms with Gasteiger partial charge < -0.3 is 9.80 Å². The quantitative estimate of drug-likeness (QED) is 0.768. The SMILES string of the molecule is CN(C)C(=O)CN1CCC(=O)c2ccccc21. The molecule has 0 bridgehead atoms. The third-order valence-electron chi connectivity index (χ3n) is 2.98. The summed E-state index contributed by atoms with van der Waals surface area (Å²) in [6.45, 7) is 0.951. The molecule has 4 nitrogen and oxygen atoms in total. The summed E-state index contributed by atoms with van der Waals surface area (Å²) < 4.78 is 0. The second-order valence-electron chi connectivity index (χ2n) is 4.40. The molecule has 0 N–H and O–H groups in total. The number of ketones is 1. The van der Waals surface area contributed by atoms with Gasteiger partial charge in [0.25, 0.3) is 0 Å². The molecule has 0 unspecified atom stereocenters. The lowest BCUT2D eigenvalue weighted by molar-refractivity contribution is -0.127. The van der Waals surface area contributed by atoms with Gasteiger partial charge in [-0.05, 0) is 12.1 Å². The molecule has 17 heavy (non-hydrogen) atoms. The van der Waals surface area contributed by atoms with E-state index < -0.39 is 0 Å². The smallest absolute Gasteiger partial charge is 0.241 e. The molecule has 1 aromatic rings. The Morgan fingerprint density at radius 3 is 2.76 bits per heavy atom. The van der Waals surface area contributed by atoms with E-state index in [1.165, 1.54) is 0 Å². The van der Waals surface area contributed by atoms with Crippen LogP contribution >= 0.6 is 0 Å². The lowest BCUT2D eigenvalue weighted by atomic mass is 10.0. The van der Waals surface area contributed by atoms with E-state index in [0.29, 0.717) is 19.5 Å². The molecule has 0 saturated heterocycles. The van der Waals surface area contributed by atoms with Gasteiger partial charge in [0.1, 0.15) is 0 Å². The third-order valence-corrected chi connectivity index (χ3v) is 2.98. The van der Waals surface area contributed by atoms with E-state index in [1.807, 2.05) is 29.2 Å². The second kappa shape index (κ2) is 4.57. The van der Waals surface area contributed by atoms with Crippen molar-refractivity contribution in [2.75, 3.05) is 32.1 Å². The molecule has 4 heteroatoms. The zero-order valence-corrected chi connectivity index (χ0v) is 10.1. The molecular formula is C13H16N2O2. The normalized spacial score (nSPS) is 14.5. The van der Waals surface area contributed by atoms with Crippen LogP contribution in [0.5, 0.6) is 0 Å². The predicted octanol–water partition coefficient (Wildman–Crippen LogP) is 1.17. The van der Waals surface area contributed by atoms with E-state index in [9.17, 15) is 9.59 Å². The molecule has 2 rings (SSSR count). The summed E-state index contributed by atoms with van der Waals surface area (Å²) in [6.07, 6.45) is 0.484. The molecule has 1 aromatic carbocycles. The summed E-state index contributed by atoms with van der Waals surface area (Å²) in [7, 11) is 3.48. The van der Waals surface area contributed by atoms with Crippen LogP contribution < -0.4 is 4.90 Å². The average Bonchev–Trinajstić information content (AvgIpc) is 2.33. The van der Waals surface area contributed by atoms with Crippen molar-refractivity contribution in [1.82, 2.24) is 4.90 Å². The number of carbonyl (C=O) groups excluding carboxylic acids is 2. The third kappa shape index (κ3) is 2.30. The number of hydrogen-bond acceptors (Lipinski definition) is 3. The van der Waals surface area contributed by atoms with E-state index in [1.54, 1.807) is 19.0 Å². The summed E-state index contributed by atoms with van der Waals surface area (Å²) in [5.74, 6) is 0.211. The zero-order chi connectivity index (χ0) is 12.4. The van der Waals surface area contributed by atoms with Crippen LogP contribution in [-0.2, 0) is 4.79 Å². The first-order valence-electron chi connectivity index (χ1n) is 5.67. The molecule has 0 saturated carbocycles. The maximum Gasteiger partial charge on any atom is 0.241 e. The number of para-hydroxylation sites is 1. The molecule has 90 valence electrons. The van der Waals surface area contributed by atoms with Gasteiger partial charge in [-0.25, -0.2) is 0 Å². The van der Waals surface area contributed by atoms with E-state index in [2.05, 4.69) is 0 Å². The molecule has 0 aliphatic carbocycles. The minimum absolute atomic E-state index is 0.0501. The van der Waals surface area contributed by atoms with Gasteiger partial charge in [-0.15, -0.1) is 0 Å². The molecule has 0 spiro atoms. The minimum Gasteiger partial charge on any atom is -0.361 e. The monoisotopic (exact) mass is 232 g/mol. The summed E-state index contributed by atoms with van der Waals surface area (Å²) in [5.41, 5.74) is 1.60. The fraction of sp³-hybridized carbons (Fsp3) is 0.385. The second-order valence-corrected chi connectivity index (χ2v) is 4.40. The van der Waals surface area contributed by atoms with Gasteiger partial charge in [0.15, 0.2) is 5.78 Å². The Labute approximate surface area is 101 Å². The Bertz CT molecular complexity index is 454. The van der Waals surface area contributed by atoms with Gasteiger partial charge in [-0.1, -0.05) is 12.1 Å². The van der Waals surface area contributed by atoms with Crippen molar-refractivity contribution in [2.45, 2.75) is 6.42 Å². The van der Waals surface area contributed by atoms with Crippen LogP contribution in [0, 0.1) is 0 Å². The fourth-order valence-electron chi connectivity index (χ4n) is 1.95. The highest BCUT2D eigenvalue weighted by Crippen LogP contribution is 2.26. The van der Waals surface area contributed by atoms with Crippen LogP contribution in [0.4, 0.5) is 5.69 Å². The Morgan fingerprint density at radius 1 is 1.35 bits per heavy atom. The van der Waals surface area contributed by atoms with Crippen molar-refractivity contribution in [1.29, 1.82) is 0 Å². The largest absolute Gasteiger partial charge is 0.361 e. The highest BCUT2D eigenvalue weighted by Gasteiger charge is 2.24. The highest BCUT2D eigenvalue weighted by atomic mass is 16.2. The van der Waals surface area contributed by atoms with Crippen LogP contribution in [0.15, 0.2) is 24.3 Å². The number of likely N-dealkylation sites (N-methyl/N-ethyl adjacent to an activating group) is 1. The Hall–Kier alpha value is -1.84. The first-order chi connectivity index (χ1) is 8.09. The summed E-state index contributed by atoms with van der Waals surface area (Å²) in [5, 5.41) is 0. The molecule has 1 amide bonds. The van der Waals surface area contributed by atoms with Crippen molar-refractivity contribution in [2.24, 2.45) is 0 Å². The highest BCUT2D eigenvalue weighted by molar-refractivity contribution is 6.03. The van der Waals surface area contributed by atoms with Crippen molar-refractivity contribution >= 4 is 17.4 Å². The van der Waals surface area contributed by atoms with Crippen LogP contribution in [-0.4, -0.2) is 43.8 Å². The van der Waals surface area contributed by atoms with Gasteiger partial charge >= 0.3 is 0 Å². The standard InChI is InChI=1S/C13H16N2O2/c1-14(2)13(17)9-15-8-7-12(16)10-5-3-4-6-11(10)15/h3-6H,7-9H2,1-2H3. The van der Waals surface area contributed by atoms with Crippen LogP contribution in [0.1, 0.15) is 16.8 Å². The number of Topliss-reactive ketones (excluding diaryl/α,β-unsaturated/α-hetero) is 1.